The highest BCUT2D eigenvalue weighted by Gasteiger charge is 2.13. The summed E-state index contributed by atoms with van der Waals surface area (Å²) in [5.74, 6) is 0.225. The second-order valence-electron chi connectivity index (χ2n) is 3.51. The number of H-pyrrole nitrogens is 2. The molecule has 2 aromatic heterocycles. The van der Waals surface area contributed by atoms with Crippen LogP contribution in [0.25, 0.3) is 0 Å². The lowest BCUT2D eigenvalue weighted by Crippen LogP contribution is -2.28. The molecule has 0 saturated carbocycles. The van der Waals surface area contributed by atoms with E-state index in [0.717, 1.165) is 0 Å². The second-order valence-corrected chi connectivity index (χ2v) is 3.51. The molecule has 17 heavy (non-hydrogen) atoms. The van der Waals surface area contributed by atoms with Gasteiger partial charge in [0.05, 0.1) is 6.04 Å². The molecule has 1 amide bonds. The zero-order chi connectivity index (χ0) is 12.3. The van der Waals surface area contributed by atoms with Gasteiger partial charge in [-0.25, -0.2) is 4.98 Å². The van der Waals surface area contributed by atoms with E-state index in [1.54, 1.807) is 6.92 Å². The van der Waals surface area contributed by atoms with Crippen molar-refractivity contribution in [3.8, 4) is 0 Å². The fraction of sp³-hybridized carbons (Fsp3) is 0.200. The molecule has 0 aromatic carbocycles. The van der Waals surface area contributed by atoms with Crippen LogP contribution >= 0.6 is 0 Å². The van der Waals surface area contributed by atoms with Crippen LogP contribution in [0.2, 0.25) is 0 Å². The summed E-state index contributed by atoms with van der Waals surface area (Å²) in [7, 11) is 0. The summed E-state index contributed by atoms with van der Waals surface area (Å²) >= 11 is 0. The third-order valence-electron chi connectivity index (χ3n) is 2.23. The average molecular weight is 233 g/mol. The van der Waals surface area contributed by atoms with E-state index in [0.29, 0.717) is 11.4 Å². The maximum absolute atomic E-state index is 11.8. The molecule has 3 N–H and O–H groups in total. The Kier molecular flexibility index (Phi) is 2.99. The van der Waals surface area contributed by atoms with Gasteiger partial charge in [0, 0.05) is 17.8 Å². The van der Waals surface area contributed by atoms with E-state index in [-0.39, 0.29) is 17.5 Å². The molecule has 0 bridgehead atoms. The van der Waals surface area contributed by atoms with Crippen LogP contribution in [0, 0.1) is 0 Å². The number of aromatic nitrogens is 4. The van der Waals surface area contributed by atoms with Crippen molar-refractivity contribution < 1.29 is 4.79 Å². The smallest absolute Gasteiger partial charge is 0.252 e. The summed E-state index contributed by atoms with van der Waals surface area (Å²) in [6.45, 7) is 1.77. The molecule has 7 nitrogen and oxygen atoms in total. The molecule has 0 spiro atoms. The molecule has 2 aromatic rings. The van der Waals surface area contributed by atoms with Gasteiger partial charge in [0.1, 0.15) is 12.2 Å². The molecule has 0 aliphatic heterocycles. The highest BCUT2D eigenvalue weighted by Crippen LogP contribution is 2.05. The third-order valence-corrected chi connectivity index (χ3v) is 2.23. The van der Waals surface area contributed by atoms with Crippen LogP contribution in [-0.4, -0.2) is 26.1 Å². The van der Waals surface area contributed by atoms with Crippen LogP contribution in [0.5, 0.6) is 0 Å². The summed E-state index contributed by atoms with van der Waals surface area (Å²) in [6, 6.07) is 2.47. The maximum Gasteiger partial charge on any atom is 0.252 e. The Bertz CT molecular complexity index is 560. The Morgan fingerprint density at radius 3 is 3.00 bits per heavy atom. The van der Waals surface area contributed by atoms with Gasteiger partial charge in [-0.2, -0.15) is 5.10 Å². The fourth-order valence-corrected chi connectivity index (χ4v) is 1.36. The Morgan fingerprint density at radius 1 is 1.53 bits per heavy atom. The lowest BCUT2D eigenvalue weighted by atomic mass is 10.2. The van der Waals surface area contributed by atoms with Crippen molar-refractivity contribution in [2.75, 3.05) is 0 Å². The van der Waals surface area contributed by atoms with Crippen molar-refractivity contribution in [1.29, 1.82) is 0 Å². The van der Waals surface area contributed by atoms with E-state index >= 15 is 0 Å². The highest BCUT2D eigenvalue weighted by molar-refractivity contribution is 5.94. The molecule has 0 saturated heterocycles. The molecule has 7 heteroatoms. The Labute approximate surface area is 96.3 Å². The van der Waals surface area contributed by atoms with Gasteiger partial charge >= 0.3 is 0 Å². The number of hydrogen-bond acceptors (Lipinski definition) is 4. The summed E-state index contributed by atoms with van der Waals surface area (Å²) in [5.41, 5.74) is -0.00918. The number of pyridine rings is 1. The minimum Gasteiger partial charge on any atom is -0.342 e. The first-order chi connectivity index (χ1) is 8.16. The summed E-state index contributed by atoms with van der Waals surface area (Å²) in [4.78, 5) is 29.2. The van der Waals surface area contributed by atoms with Gasteiger partial charge in [-0.1, -0.05) is 0 Å². The van der Waals surface area contributed by atoms with E-state index in [1.165, 1.54) is 24.7 Å². The summed E-state index contributed by atoms with van der Waals surface area (Å²) in [5, 5.41) is 9.06. The molecule has 0 aliphatic carbocycles. The van der Waals surface area contributed by atoms with Crippen LogP contribution < -0.4 is 10.9 Å². The monoisotopic (exact) mass is 233 g/mol. The molecule has 88 valence electrons. The normalized spacial score (nSPS) is 12.1. The average Bonchev–Trinajstić information content (AvgIpc) is 2.82. The molecule has 0 aliphatic rings. The van der Waals surface area contributed by atoms with Crippen LogP contribution in [0.1, 0.15) is 29.1 Å². The predicted octanol–water partition coefficient (Wildman–Crippen LogP) is -0.0160. The summed E-state index contributed by atoms with van der Waals surface area (Å²) in [6.07, 6.45) is 2.79. The van der Waals surface area contributed by atoms with E-state index in [9.17, 15) is 9.59 Å². The van der Waals surface area contributed by atoms with E-state index in [1.807, 2.05) is 0 Å². The maximum atomic E-state index is 11.8. The number of nitrogens with zero attached hydrogens (tertiary/aromatic N) is 2. The largest absolute Gasteiger partial charge is 0.342 e. The van der Waals surface area contributed by atoms with Crippen molar-refractivity contribution in [2.45, 2.75) is 13.0 Å². The molecule has 1 atom stereocenters. The molecule has 0 radical (unpaired) electrons. The van der Waals surface area contributed by atoms with Crippen LogP contribution in [-0.2, 0) is 0 Å². The fourth-order valence-electron chi connectivity index (χ4n) is 1.36. The zero-order valence-electron chi connectivity index (χ0n) is 9.10. The van der Waals surface area contributed by atoms with Gasteiger partial charge in [0.25, 0.3) is 5.91 Å². The van der Waals surface area contributed by atoms with Gasteiger partial charge in [-0.05, 0) is 13.0 Å². The predicted molar refractivity (Wildman–Crippen MR) is 59.3 cm³/mol. The Balaban J connectivity index is 2.10. The summed E-state index contributed by atoms with van der Waals surface area (Å²) < 4.78 is 0. The number of carbonyl (C=O) groups is 1. The van der Waals surface area contributed by atoms with Crippen molar-refractivity contribution in [1.82, 2.24) is 25.5 Å². The minimum atomic E-state index is -0.333. The first-order valence-electron chi connectivity index (χ1n) is 5.01. The quantitative estimate of drug-likeness (QED) is 0.693. The number of aromatic amines is 2. The zero-order valence-corrected chi connectivity index (χ0v) is 9.10. The number of nitrogens with one attached hydrogen (secondary N) is 3. The molecular formula is C10H11N5O2. The first kappa shape index (κ1) is 11.1. The van der Waals surface area contributed by atoms with Gasteiger partial charge in [-0.3, -0.25) is 14.7 Å². The van der Waals surface area contributed by atoms with Crippen molar-refractivity contribution >= 4 is 5.91 Å². The number of amides is 1. The Hall–Kier alpha value is -2.44. The number of rotatable bonds is 3. The van der Waals surface area contributed by atoms with Crippen molar-refractivity contribution in [2.24, 2.45) is 0 Å². The third kappa shape index (κ3) is 2.57. The Morgan fingerprint density at radius 2 is 2.35 bits per heavy atom. The van der Waals surface area contributed by atoms with Gasteiger partial charge < -0.3 is 10.3 Å². The first-order valence-corrected chi connectivity index (χ1v) is 5.01. The number of carbonyl (C=O) groups excluding carboxylic acids is 1. The number of hydrogen-bond donors (Lipinski definition) is 3. The van der Waals surface area contributed by atoms with E-state index < -0.39 is 0 Å². The lowest BCUT2D eigenvalue weighted by Gasteiger charge is -2.10. The molecule has 2 heterocycles. The second kappa shape index (κ2) is 4.60. The van der Waals surface area contributed by atoms with E-state index in [2.05, 4.69) is 25.5 Å². The minimum absolute atomic E-state index is 0.302. The standard InChI is InChI=1S/C10H11N5O2/c1-6(9-12-5-13-15-9)14-10(17)7-2-3-11-8(16)4-7/h2-6H,1H3,(H,11,16)(H,14,17)(H,12,13,15). The lowest BCUT2D eigenvalue weighted by molar-refractivity contribution is 0.0938. The SMILES string of the molecule is CC(NC(=O)c1cc[nH]c(=O)c1)c1ncn[nH]1. The van der Waals surface area contributed by atoms with Crippen molar-refractivity contribution in [3.05, 3.63) is 46.4 Å². The van der Waals surface area contributed by atoms with Crippen LogP contribution in [0.3, 0.4) is 0 Å². The van der Waals surface area contributed by atoms with Gasteiger partial charge in [0.15, 0.2) is 0 Å². The molecule has 0 fully saturated rings. The molecule has 2 rings (SSSR count). The van der Waals surface area contributed by atoms with Gasteiger partial charge in [0.2, 0.25) is 5.56 Å². The highest BCUT2D eigenvalue weighted by atomic mass is 16.2. The van der Waals surface area contributed by atoms with E-state index in [4.69, 9.17) is 0 Å². The van der Waals surface area contributed by atoms with Crippen molar-refractivity contribution in [3.63, 3.8) is 0 Å². The topological polar surface area (TPSA) is 104 Å². The molecule has 1 unspecified atom stereocenters. The van der Waals surface area contributed by atoms with Gasteiger partial charge in [-0.15, -0.1) is 0 Å². The van der Waals surface area contributed by atoms with Crippen LogP contribution in [0.15, 0.2) is 29.5 Å². The molecular weight excluding hydrogens is 222 g/mol. The van der Waals surface area contributed by atoms with Crippen LogP contribution in [0.4, 0.5) is 0 Å².